The van der Waals surface area contributed by atoms with Gasteiger partial charge in [0.1, 0.15) is 0 Å². The van der Waals surface area contributed by atoms with E-state index in [9.17, 15) is 0 Å². The Morgan fingerprint density at radius 1 is 1.06 bits per heavy atom. The molecule has 0 aliphatic carbocycles. The van der Waals surface area contributed by atoms with E-state index in [1.165, 1.54) is 11.1 Å². The van der Waals surface area contributed by atoms with Gasteiger partial charge in [0.05, 0.1) is 0 Å². The first-order chi connectivity index (χ1) is 7.81. The Bertz CT molecular complexity index is 465. The van der Waals surface area contributed by atoms with Crippen LogP contribution in [0.1, 0.15) is 5.56 Å². The van der Waals surface area contributed by atoms with Crippen LogP contribution < -0.4 is 0 Å². The maximum Gasteiger partial charge on any atom is 0.0487 e. The van der Waals surface area contributed by atoms with Crippen LogP contribution in [-0.4, -0.2) is 6.26 Å². The van der Waals surface area contributed by atoms with Gasteiger partial charge in [-0.25, -0.2) is 0 Å². The molecule has 2 rings (SSSR count). The molecule has 2 aromatic carbocycles. The van der Waals surface area contributed by atoms with Crippen LogP contribution in [0.2, 0.25) is 5.02 Å². The number of halogens is 1. The predicted molar refractivity (Wildman–Crippen MR) is 74.1 cm³/mol. The summed E-state index contributed by atoms with van der Waals surface area (Å²) in [6.07, 6.45) is 2.10. The monoisotopic (exact) mass is 248 g/mol. The van der Waals surface area contributed by atoms with Crippen LogP contribution in [-0.2, 0) is 5.75 Å². The van der Waals surface area contributed by atoms with Crippen molar-refractivity contribution in [2.45, 2.75) is 5.75 Å². The van der Waals surface area contributed by atoms with Crippen LogP contribution in [0.15, 0.2) is 48.5 Å². The van der Waals surface area contributed by atoms with E-state index in [4.69, 9.17) is 11.6 Å². The van der Waals surface area contributed by atoms with Crippen molar-refractivity contribution in [3.05, 3.63) is 59.1 Å². The molecule has 0 aliphatic heterocycles. The lowest BCUT2D eigenvalue weighted by atomic mass is 10.0. The highest BCUT2D eigenvalue weighted by atomic mass is 35.5. The maximum atomic E-state index is 6.29. The molecular weight excluding hydrogens is 236 g/mol. The van der Waals surface area contributed by atoms with E-state index in [1.54, 1.807) is 11.8 Å². The summed E-state index contributed by atoms with van der Waals surface area (Å²) in [4.78, 5) is 0. The van der Waals surface area contributed by atoms with Crippen molar-refractivity contribution in [2.24, 2.45) is 0 Å². The first-order valence-electron chi connectivity index (χ1n) is 5.14. The molecule has 0 unspecified atom stereocenters. The molecule has 0 radical (unpaired) electrons. The summed E-state index contributed by atoms with van der Waals surface area (Å²) >= 11 is 8.10. The van der Waals surface area contributed by atoms with Crippen molar-refractivity contribution < 1.29 is 0 Å². The van der Waals surface area contributed by atoms with Gasteiger partial charge in [-0.15, -0.1) is 0 Å². The number of benzene rings is 2. The normalized spacial score (nSPS) is 10.4. The van der Waals surface area contributed by atoms with Crippen LogP contribution in [0.5, 0.6) is 0 Å². The number of rotatable bonds is 3. The minimum absolute atomic E-state index is 0.831. The Morgan fingerprint density at radius 2 is 1.81 bits per heavy atom. The highest BCUT2D eigenvalue weighted by molar-refractivity contribution is 7.97. The molecule has 0 saturated heterocycles. The molecular formula is C14H13ClS. The Kier molecular flexibility index (Phi) is 3.92. The lowest BCUT2D eigenvalue weighted by molar-refractivity contribution is 1.42. The summed E-state index contributed by atoms with van der Waals surface area (Å²) in [6, 6.07) is 16.5. The van der Waals surface area contributed by atoms with Gasteiger partial charge in [0.25, 0.3) is 0 Å². The molecule has 0 aliphatic rings. The number of thioether (sulfide) groups is 1. The molecule has 0 nitrogen and oxygen atoms in total. The highest BCUT2D eigenvalue weighted by Gasteiger charge is 2.03. The third-order valence-corrected chi connectivity index (χ3v) is 3.36. The van der Waals surface area contributed by atoms with Gasteiger partial charge < -0.3 is 0 Å². The standard InChI is InChI=1S/C14H13ClS/c1-16-10-11-7-8-13(14(15)9-11)12-5-3-2-4-6-12/h2-9H,10H2,1H3. The van der Waals surface area contributed by atoms with E-state index in [0.717, 1.165) is 16.3 Å². The molecule has 0 N–H and O–H groups in total. The Hall–Kier alpha value is -0.920. The zero-order chi connectivity index (χ0) is 11.4. The van der Waals surface area contributed by atoms with Crippen molar-refractivity contribution in [3.8, 4) is 11.1 Å². The van der Waals surface area contributed by atoms with E-state index in [-0.39, 0.29) is 0 Å². The molecule has 82 valence electrons. The third kappa shape index (κ3) is 2.60. The Balaban J connectivity index is 2.37. The van der Waals surface area contributed by atoms with Crippen LogP contribution in [0.25, 0.3) is 11.1 Å². The average Bonchev–Trinajstić information content (AvgIpc) is 2.31. The lowest BCUT2D eigenvalue weighted by Crippen LogP contribution is -1.83. The van der Waals surface area contributed by atoms with Crippen LogP contribution >= 0.6 is 23.4 Å². The molecule has 2 aromatic rings. The Morgan fingerprint density at radius 3 is 2.44 bits per heavy atom. The summed E-state index contributed by atoms with van der Waals surface area (Å²) in [5.41, 5.74) is 3.55. The second-order valence-corrected chi connectivity index (χ2v) is 4.89. The topological polar surface area (TPSA) is 0 Å². The van der Waals surface area contributed by atoms with Crippen LogP contribution in [0, 0.1) is 0 Å². The fourth-order valence-corrected chi connectivity index (χ4v) is 2.49. The second-order valence-electron chi connectivity index (χ2n) is 3.61. The summed E-state index contributed by atoms with van der Waals surface area (Å²) in [5.74, 6) is 1.01. The van der Waals surface area contributed by atoms with Crippen molar-refractivity contribution in [3.63, 3.8) is 0 Å². The molecule has 0 spiro atoms. The summed E-state index contributed by atoms with van der Waals surface area (Å²) < 4.78 is 0. The molecule has 0 heterocycles. The minimum atomic E-state index is 0.831. The van der Waals surface area contributed by atoms with Crippen molar-refractivity contribution in [1.29, 1.82) is 0 Å². The molecule has 2 heteroatoms. The average molecular weight is 249 g/mol. The van der Waals surface area contributed by atoms with Gasteiger partial charge in [0, 0.05) is 16.3 Å². The molecule has 0 atom stereocenters. The van der Waals surface area contributed by atoms with Gasteiger partial charge in [0.2, 0.25) is 0 Å². The van der Waals surface area contributed by atoms with E-state index in [0.29, 0.717) is 0 Å². The van der Waals surface area contributed by atoms with Gasteiger partial charge in [-0.1, -0.05) is 54.1 Å². The number of hydrogen-bond donors (Lipinski definition) is 0. The summed E-state index contributed by atoms with van der Waals surface area (Å²) in [6.45, 7) is 0. The number of hydrogen-bond acceptors (Lipinski definition) is 1. The van der Waals surface area contributed by atoms with Gasteiger partial charge >= 0.3 is 0 Å². The van der Waals surface area contributed by atoms with Crippen LogP contribution in [0.3, 0.4) is 0 Å². The summed E-state index contributed by atoms with van der Waals surface area (Å²) in [7, 11) is 0. The quantitative estimate of drug-likeness (QED) is 0.747. The van der Waals surface area contributed by atoms with E-state index in [1.807, 2.05) is 18.2 Å². The van der Waals surface area contributed by atoms with Crippen molar-refractivity contribution in [2.75, 3.05) is 6.26 Å². The molecule has 0 bridgehead atoms. The fraction of sp³-hybridized carbons (Fsp3) is 0.143. The Labute approximate surface area is 106 Å². The van der Waals surface area contributed by atoms with Crippen LogP contribution in [0.4, 0.5) is 0 Å². The van der Waals surface area contributed by atoms with Gasteiger partial charge in [0.15, 0.2) is 0 Å². The minimum Gasteiger partial charge on any atom is -0.161 e. The van der Waals surface area contributed by atoms with Gasteiger partial charge in [-0.2, -0.15) is 11.8 Å². The van der Waals surface area contributed by atoms with Crippen molar-refractivity contribution >= 4 is 23.4 Å². The molecule has 0 aromatic heterocycles. The smallest absolute Gasteiger partial charge is 0.0487 e. The third-order valence-electron chi connectivity index (χ3n) is 2.43. The molecule has 0 amide bonds. The highest BCUT2D eigenvalue weighted by Crippen LogP contribution is 2.29. The molecule has 0 fully saturated rings. The SMILES string of the molecule is CSCc1ccc(-c2ccccc2)c(Cl)c1. The second kappa shape index (κ2) is 5.42. The van der Waals surface area contributed by atoms with Crippen molar-refractivity contribution in [1.82, 2.24) is 0 Å². The van der Waals surface area contributed by atoms with E-state index < -0.39 is 0 Å². The lowest BCUT2D eigenvalue weighted by Gasteiger charge is -2.06. The van der Waals surface area contributed by atoms with Gasteiger partial charge in [-0.3, -0.25) is 0 Å². The van der Waals surface area contributed by atoms with Gasteiger partial charge in [-0.05, 0) is 23.4 Å². The first-order valence-corrected chi connectivity index (χ1v) is 6.91. The summed E-state index contributed by atoms with van der Waals surface area (Å²) in [5, 5.41) is 0.831. The largest absolute Gasteiger partial charge is 0.161 e. The first kappa shape index (κ1) is 11.6. The van der Waals surface area contributed by atoms with E-state index in [2.05, 4.69) is 36.6 Å². The molecule has 0 saturated carbocycles. The molecule has 16 heavy (non-hydrogen) atoms. The zero-order valence-corrected chi connectivity index (χ0v) is 10.7. The fourth-order valence-electron chi connectivity index (χ4n) is 1.67. The maximum absolute atomic E-state index is 6.29. The predicted octanol–water partition coefficient (Wildman–Crippen LogP) is 4.87. The van der Waals surface area contributed by atoms with E-state index >= 15 is 0 Å². The zero-order valence-electron chi connectivity index (χ0n) is 9.11.